The quantitative estimate of drug-likeness (QED) is 0.535. The van der Waals surface area contributed by atoms with E-state index in [0.29, 0.717) is 17.8 Å². The Bertz CT molecular complexity index is 1240. The molecule has 29 heavy (non-hydrogen) atoms. The van der Waals surface area contributed by atoms with Gasteiger partial charge in [-0.1, -0.05) is 41.7 Å². The lowest BCUT2D eigenvalue weighted by Crippen LogP contribution is -2.32. The average Bonchev–Trinajstić information content (AvgIpc) is 3.46. The number of aromatic nitrogens is 5. The van der Waals surface area contributed by atoms with Gasteiger partial charge in [-0.2, -0.15) is 4.98 Å². The SMILES string of the molecule is O=C(Cn1nc2c3sc(N4CCCC4)nc3ncn2c1=O)NCc1ccccc1. The second-order valence-electron chi connectivity index (χ2n) is 6.98. The summed E-state index contributed by atoms with van der Waals surface area (Å²) < 4.78 is 3.31. The zero-order valence-electron chi connectivity index (χ0n) is 15.6. The first kappa shape index (κ1) is 17.8. The third-order valence-electron chi connectivity index (χ3n) is 4.97. The highest BCUT2D eigenvalue weighted by molar-refractivity contribution is 7.22. The highest BCUT2D eigenvalue weighted by atomic mass is 32.1. The minimum absolute atomic E-state index is 0.146. The molecule has 0 radical (unpaired) electrons. The molecular formula is C19H19N7O2S. The van der Waals surface area contributed by atoms with Crippen LogP contribution in [-0.4, -0.2) is 43.1 Å². The van der Waals surface area contributed by atoms with Crippen LogP contribution in [0.5, 0.6) is 0 Å². The molecule has 148 valence electrons. The van der Waals surface area contributed by atoms with E-state index in [0.717, 1.165) is 41.3 Å². The van der Waals surface area contributed by atoms with Gasteiger partial charge in [0.15, 0.2) is 16.4 Å². The Balaban J connectivity index is 1.40. The molecule has 0 unspecified atom stereocenters. The van der Waals surface area contributed by atoms with Gasteiger partial charge in [0.25, 0.3) is 0 Å². The number of carbonyl (C=O) groups excluding carboxylic acids is 1. The van der Waals surface area contributed by atoms with E-state index in [1.165, 1.54) is 26.7 Å². The molecule has 1 fully saturated rings. The van der Waals surface area contributed by atoms with Crippen LogP contribution < -0.4 is 15.9 Å². The van der Waals surface area contributed by atoms with Crippen LogP contribution in [0.4, 0.5) is 5.13 Å². The number of amides is 1. The Morgan fingerprint density at radius 1 is 1.17 bits per heavy atom. The van der Waals surface area contributed by atoms with Crippen molar-refractivity contribution < 1.29 is 4.79 Å². The summed E-state index contributed by atoms with van der Waals surface area (Å²) >= 11 is 1.49. The minimum atomic E-state index is -0.389. The van der Waals surface area contributed by atoms with Crippen molar-refractivity contribution in [1.82, 2.24) is 29.5 Å². The van der Waals surface area contributed by atoms with Gasteiger partial charge in [-0.25, -0.2) is 18.9 Å². The van der Waals surface area contributed by atoms with Crippen molar-refractivity contribution in [2.75, 3.05) is 18.0 Å². The number of nitrogens with one attached hydrogen (secondary N) is 1. The predicted molar refractivity (Wildman–Crippen MR) is 110 cm³/mol. The number of nitrogens with zero attached hydrogens (tertiary/aromatic N) is 6. The van der Waals surface area contributed by atoms with Crippen LogP contribution in [-0.2, 0) is 17.9 Å². The molecule has 1 saturated heterocycles. The number of anilines is 1. The lowest BCUT2D eigenvalue weighted by atomic mass is 10.2. The molecule has 10 heteroatoms. The van der Waals surface area contributed by atoms with Gasteiger partial charge in [0, 0.05) is 19.6 Å². The van der Waals surface area contributed by atoms with E-state index in [1.54, 1.807) is 0 Å². The summed E-state index contributed by atoms with van der Waals surface area (Å²) in [6.45, 7) is 2.23. The molecule has 0 saturated carbocycles. The Morgan fingerprint density at radius 2 is 1.97 bits per heavy atom. The zero-order valence-corrected chi connectivity index (χ0v) is 16.4. The number of rotatable bonds is 5. The molecule has 4 heterocycles. The molecule has 1 amide bonds. The molecule has 4 aromatic rings. The summed E-state index contributed by atoms with van der Waals surface area (Å²) in [5, 5.41) is 8.11. The number of thiazole rings is 1. The largest absolute Gasteiger partial charge is 0.352 e. The molecule has 9 nitrogen and oxygen atoms in total. The minimum Gasteiger partial charge on any atom is -0.350 e. The molecule has 0 bridgehead atoms. The first-order valence-electron chi connectivity index (χ1n) is 9.49. The summed E-state index contributed by atoms with van der Waals surface area (Å²) in [5.74, 6) is -0.273. The van der Waals surface area contributed by atoms with E-state index in [4.69, 9.17) is 0 Å². The average molecular weight is 409 g/mol. The summed E-state index contributed by atoms with van der Waals surface area (Å²) in [6, 6.07) is 9.61. The maximum absolute atomic E-state index is 12.7. The summed E-state index contributed by atoms with van der Waals surface area (Å²) in [4.78, 5) is 36.1. The van der Waals surface area contributed by atoms with Crippen LogP contribution in [0.1, 0.15) is 18.4 Å². The number of benzene rings is 1. The van der Waals surface area contributed by atoms with Gasteiger partial charge in [0.1, 0.15) is 17.6 Å². The Hall–Kier alpha value is -3.27. The van der Waals surface area contributed by atoms with Crippen molar-refractivity contribution >= 4 is 38.4 Å². The smallest absolute Gasteiger partial charge is 0.350 e. The highest BCUT2D eigenvalue weighted by Crippen LogP contribution is 2.31. The van der Waals surface area contributed by atoms with Gasteiger partial charge >= 0.3 is 5.69 Å². The van der Waals surface area contributed by atoms with Crippen LogP contribution in [0.2, 0.25) is 0 Å². The van der Waals surface area contributed by atoms with E-state index >= 15 is 0 Å². The topological polar surface area (TPSA) is 97.4 Å². The lowest BCUT2D eigenvalue weighted by molar-refractivity contribution is -0.122. The van der Waals surface area contributed by atoms with Crippen LogP contribution in [0, 0.1) is 0 Å². The molecule has 1 aliphatic heterocycles. The number of hydrogen-bond donors (Lipinski definition) is 1. The van der Waals surface area contributed by atoms with Crippen LogP contribution in [0.15, 0.2) is 41.5 Å². The Kier molecular flexibility index (Phi) is 4.47. The van der Waals surface area contributed by atoms with Gasteiger partial charge in [-0.15, -0.1) is 5.10 Å². The molecule has 3 aromatic heterocycles. The van der Waals surface area contributed by atoms with Crippen molar-refractivity contribution in [3.05, 3.63) is 52.7 Å². The first-order valence-corrected chi connectivity index (χ1v) is 10.3. The Morgan fingerprint density at radius 3 is 2.76 bits per heavy atom. The van der Waals surface area contributed by atoms with Crippen molar-refractivity contribution in [1.29, 1.82) is 0 Å². The van der Waals surface area contributed by atoms with Crippen molar-refractivity contribution in [3.8, 4) is 0 Å². The molecule has 0 spiro atoms. The molecule has 1 aliphatic rings. The molecule has 0 aliphatic carbocycles. The zero-order chi connectivity index (χ0) is 19.8. The van der Waals surface area contributed by atoms with Crippen LogP contribution in [0.3, 0.4) is 0 Å². The first-order chi connectivity index (χ1) is 14.2. The molecule has 5 rings (SSSR count). The summed E-state index contributed by atoms with van der Waals surface area (Å²) in [6.07, 6.45) is 3.74. The van der Waals surface area contributed by atoms with Gasteiger partial charge in [-0.3, -0.25) is 4.79 Å². The highest BCUT2D eigenvalue weighted by Gasteiger charge is 2.20. The summed E-state index contributed by atoms with van der Waals surface area (Å²) in [5.41, 5.74) is 1.67. The van der Waals surface area contributed by atoms with Gasteiger partial charge in [-0.05, 0) is 18.4 Å². The van der Waals surface area contributed by atoms with E-state index < -0.39 is 0 Å². The van der Waals surface area contributed by atoms with E-state index in [9.17, 15) is 9.59 Å². The fraction of sp³-hybridized carbons (Fsp3) is 0.316. The number of hydrogen-bond acceptors (Lipinski definition) is 7. The van der Waals surface area contributed by atoms with Gasteiger partial charge < -0.3 is 10.2 Å². The van der Waals surface area contributed by atoms with Crippen molar-refractivity contribution in [2.24, 2.45) is 0 Å². The van der Waals surface area contributed by atoms with Gasteiger partial charge in [0.05, 0.1) is 0 Å². The second kappa shape index (κ2) is 7.28. The second-order valence-corrected chi connectivity index (χ2v) is 7.96. The lowest BCUT2D eigenvalue weighted by Gasteiger charge is -2.11. The maximum Gasteiger partial charge on any atom is 0.352 e. The van der Waals surface area contributed by atoms with Crippen molar-refractivity contribution in [2.45, 2.75) is 25.9 Å². The predicted octanol–water partition coefficient (Wildman–Crippen LogP) is 1.42. The standard InChI is InChI=1S/C19H19N7O2S/c27-14(20-10-13-6-2-1-3-7-13)11-26-19(28)25-12-21-16-15(17(25)23-26)29-18(22-16)24-8-4-5-9-24/h1-3,6-7,12H,4-5,8-11H2,(H,20,27). The molecule has 0 atom stereocenters. The number of carbonyl (C=O) groups is 1. The molecule has 1 aromatic carbocycles. The third kappa shape index (κ3) is 3.35. The maximum atomic E-state index is 12.7. The normalized spacial score (nSPS) is 14.1. The third-order valence-corrected chi connectivity index (χ3v) is 6.07. The Labute approximate surface area is 169 Å². The van der Waals surface area contributed by atoms with Gasteiger partial charge in [0.2, 0.25) is 5.91 Å². The van der Waals surface area contributed by atoms with E-state index in [1.807, 2.05) is 30.3 Å². The van der Waals surface area contributed by atoms with E-state index in [-0.39, 0.29) is 18.1 Å². The monoisotopic (exact) mass is 409 g/mol. The molecular weight excluding hydrogens is 390 g/mol. The fourth-order valence-electron chi connectivity index (χ4n) is 3.46. The number of fused-ring (bicyclic) bond motifs is 3. The van der Waals surface area contributed by atoms with E-state index in [2.05, 4.69) is 25.3 Å². The fourth-order valence-corrected chi connectivity index (χ4v) is 4.51. The molecule has 1 N–H and O–H groups in total. The van der Waals surface area contributed by atoms with Crippen molar-refractivity contribution in [3.63, 3.8) is 0 Å². The van der Waals surface area contributed by atoms with Crippen LogP contribution in [0.25, 0.3) is 16.0 Å². The van der Waals surface area contributed by atoms with Crippen LogP contribution >= 0.6 is 11.3 Å². The summed E-state index contributed by atoms with van der Waals surface area (Å²) in [7, 11) is 0.